The van der Waals surface area contributed by atoms with E-state index in [-0.39, 0.29) is 23.1 Å². The van der Waals surface area contributed by atoms with E-state index in [1.165, 1.54) is 12.1 Å². The largest absolute Gasteiger partial charge is 0.396 e. The van der Waals surface area contributed by atoms with Crippen molar-refractivity contribution in [3.63, 3.8) is 0 Å². The van der Waals surface area contributed by atoms with Crippen LogP contribution in [-0.2, 0) is 0 Å². The smallest absolute Gasteiger partial charge is 0.252 e. The second-order valence-corrected chi connectivity index (χ2v) is 3.36. The van der Waals surface area contributed by atoms with Crippen LogP contribution in [0.5, 0.6) is 0 Å². The van der Waals surface area contributed by atoms with Crippen molar-refractivity contribution in [3.8, 4) is 0 Å². The molecule has 0 unspecified atom stereocenters. The van der Waals surface area contributed by atoms with Gasteiger partial charge in [-0.1, -0.05) is 11.6 Å². The zero-order valence-corrected chi connectivity index (χ0v) is 8.72. The molecular weight excluding hydrogens is 221 g/mol. The lowest BCUT2D eigenvalue weighted by Gasteiger charge is -2.05. The Bertz CT molecular complexity index is 357. The van der Waals surface area contributed by atoms with E-state index in [1.54, 1.807) is 0 Å². The third kappa shape index (κ3) is 3.49. The lowest BCUT2D eigenvalue weighted by atomic mass is 10.2. The summed E-state index contributed by atoms with van der Waals surface area (Å²) in [5.74, 6) is -0.847. The highest BCUT2D eigenvalue weighted by atomic mass is 35.5. The van der Waals surface area contributed by atoms with Gasteiger partial charge in [0.2, 0.25) is 0 Å². The molecule has 0 bridgehead atoms. The average molecular weight is 232 g/mol. The molecule has 0 aromatic heterocycles. The predicted molar refractivity (Wildman–Crippen MR) is 55.4 cm³/mol. The molecule has 0 aliphatic carbocycles. The van der Waals surface area contributed by atoms with Crippen molar-refractivity contribution in [2.75, 3.05) is 13.2 Å². The SMILES string of the molecule is O=C(NCCCO)c1ccc(F)cc1Cl. The number of carbonyl (C=O) groups is 1. The van der Waals surface area contributed by atoms with E-state index in [0.717, 1.165) is 6.07 Å². The van der Waals surface area contributed by atoms with Gasteiger partial charge in [-0.25, -0.2) is 4.39 Å². The number of amides is 1. The second-order valence-electron chi connectivity index (χ2n) is 2.96. The van der Waals surface area contributed by atoms with Gasteiger partial charge in [0.05, 0.1) is 10.6 Å². The maximum Gasteiger partial charge on any atom is 0.252 e. The Hall–Kier alpha value is -1.13. The first-order chi connectivity index (χ1) is 7.15. The monoisotopic (exact) mass is 231 g/mol. The normalized spacial score (nSPS) is 10.1. The van der Waals surface area contributed by atoms with Crippen molar-refractivity contribution in [2.45, 2.75) is 6.42 Å². The van der Waals surface area contributed by atoms with Crippen molar-refractivity contribution in [1.82, 2.24) is 5.32 Å². The minimum absolute atomic E-state index is 0.0113. The van der Waals surface area contributed by atoms with E-state index in [4.69, 9.17) is 16.7 Å². The number of carbonyl (C=O) groups excluding carboxylic acids is 1. The molecule has 1 amide bonds. The Labute approximate surface area is 91.9 Å². The quantitative estimate of drug-likeness (QED) is 0.774. The molecule has 1 rings (SSSR count). The molecule has 15 heavy (non-hydrogen) atoms. The van der Waals surface area contributed by atoms with Crippen LogP contribution in [0.15, 0.2) is 18.2 Å². The van der Waals surface area contributed by atoms with Gasteiger partial charge in [-0.15, -0.1) is 0 Å². The number of aliphatic hydroxyl groups is 1. The van der Waals surface area contributed by atoms with Crippen molar-refractivity contribution < 1.29 is 14.3 Å². The number of halogens is 2. The van der Waals surface area contributed by atoms with Crippen LogP contribution >= 0.6 is 11.6 Å². The van der Waals surface area contributed by atoms with Gasteiger partial charge in [0.25, 0.3) is 5.91 Å². The Balaban J connectivity index is 2.65. The summed E-state index contributed by atoms with van der Waals surface area (Å²) in [5, 5.41) is 11.1. The third-order valence-electron chi connectivity index (χ3n) is 1.80. The molecule has 82 valence electrons. The summed E-state index contributed by atoms with van der Waals surface area (Å²) in [5.41, 5.74) is 0.232. The van der Waals surface area contributed by atoms with Crippen LogP contribution < -0.4 is 5.32 Å². The highest BCUT2D eigenvalue weighted by Crippen LogP contribution is 2.16. The molecule has 2 N–H and O–H groups in total. The van der Waals surface area contributed by atoms with Crippen molar-refractivity contribution in [3.05, 3.63) is 34.6 Å². The van der Waals surface area contributed by atoms with Gasteiger partial charge in [0.15, 0.2) is 0 Å². The van der Waals surface area contributed by atoms with Gasteiger partial charge < -0.3 is 10.4 Å². The molecule has 0 fully saturated rings. The highest BCUT2D eigenvalue weighted by Gasteiger charge is 2.09. The first-order valence-electron chi connectivity index (χ1n) is 4.49. The summed E-state index contributed by atoms with van der Waals surface area (Å²) < 4.78 is 12.7. The van der Waals surface area contributed by atoms with Crippen LogP contribution in [0.1, 0.15) is 16.8 Å². The molecule has 0 aliphatic heterocycles. The van der Waals surface area contributed by atoms with Crippen LogP contribution in [0.3, 0.4) is 0 Å². The second kappa shape index (κ2) is 5.68. The maximum atomic E-state index is 12.7. The molecule has 3 nitrogen and oxygen atoms in total. The van der Waals surface area contributed by atoms with Gasteiger partial charge in [-0.3, -0.25) is 4.79 Å². The van der Waals surface area contributed by atoms with E-state index in [1.807, 2.05) is 0 Å². The van der Waals surface area contributed by atoms with Gasteiger partial charge in [0.1, 0.15) is 5.82 Å². The zero-order valence-electron chi connectivity index (χ0n) is 7.96. The molecule has 0 atom stereocenters. The van der Waals surface area contributed by atoms with Gasteiger partial charge in [-0.2, -0.15) is 0 Å². The van der Waals surface area contributed by atoms with Gasteiger partial charge >= 0.3 is 0 Å². The highest BCUT2D eigenvalue weighted by molar-refractivity contribution is 6.33. The van der Waals surface area contributed by atoms with Crippen LogP contribution in [-0.4, -0.2) is 24.2 Å². The number of benzene rings is 1. The van der Waals surface area contributed by atoms with Gasteiger partial charge in [-0.05, 0) is 24.6 Å². The standard InChI is InChI=1S/C10H11ClFNO2/c11-9-6-7(12)2-3-8(9)10(15)13-4-1-5-14/h2-3,6,14H,1,4-5H2,(H,13,15). The molecule has 1 aromatic rings. The van der Waals surface area contributed by atoms with E-state index >= 15 is 0 Å². The number of hydrogen-bond acceptors (Lipinski definition) is 2. The number of nitrogens with one attached hydrogen (secondary N) is 1. The maximum absolute atomic E-state index is 12.7. The molecule has 0 radical (unpaired) electrons. The van der Waals surface area contributed by atoms with Crippen molar-refractivity contribution in [1.29, 1.82) is 0 Å². The summed E-state index contributed by atoms with van der Waals surface area (Å²) in [6.07, 6.45) is 0.477. The number of aliphatic hydroxyl groups excluding tert-OH is 1. The number of rotatable bonds is 4. The Morgan fingerprint density at radius 1 is 1.53 bits per heavy atom. The number of hydrogen-bond donors (Lipinski definition) is 2. The summed E-state index contributed by atoms with van der Waals surface area (Å²) in [6.45, 7) is 0.375. The molecule has 0 spiro atoms. The summed E-state index contributed by atoms with van der Waals surface area (Å²) in [7, 11) is 0. The lowest BCUT2D eigenvalue weighted by molar-refractivity contribution is 0.0951. The van der Waals surface area contributed by atoms with Crippen LogP contribution in [0, 0.1) is 5.82 Å². The third-order valence-corrected chi connectivity index (χ3v) is 2.11. The van der Waals surface area contributed by atoms with E-state index in [2.05, 4.69) is 5.32 Å². The van der Waals surface area contributed by atoms with Crippen molar-refractivity contribution in [2.24, 2.45) is 0 Å². The topological polar surface area (TPSA) is 49.3 Å². The fourth-order valence-electron chi connectivity index (χ4n) is 1.05. The minimum Gasteiger partial charge on any atom is -0.396 e. The average Bonchev–Trinajstić information content (AvgIpc) is 2.17. The molecule has 0 saturated heterocycles. The van der Waals surface area contributed by atoms with E-state index in [9.17, 15) is 9.18 Å². The first-order valence-corrected chi connectivity index (χ1v) is 4.87. The Kier molecular flexibility index (Phi) is 4.52. The summed E-state index contributed by atoms with van der Waals surface area (Å²) >= 11 is 5.69. The molecule has 0 saturated carbocycles. The fourth-order valence-corrected chi connectivity index (χ4v) is 1.30. The zero-order chi connectivity index (χ0) is 11.3. The fraction of sp³-hybridized carbons (Fsp3) is 0.300. The molecule has 1 aromatic carbocycles. The Morgan fingerprint density at radius 2 is 2.27 bits per heavy atom. The molecular formula is C10H11ClFNO2. The minimum atomic E-state index is -0.480. The molecule has 0 aliphatic rings. The predicted octanol–water partition coefficient (Wildman–Crippen LogP) is 1.59. The summed E-state index contributed by atoms with van der Waals surface area (Å²) in [6, 6.07) is 3.58. The van der Waals surface area contributed by atoms with Crippen LogP contribution in [0.2, 0.25) is 5.02 Å². The van der Waals surface area contributed by atoms with Gasteiger partial charge in [0, 0.05) is 13.2 Å². The van der Waals surface area contributed by atoms with Crippen molar-refractivity contribution >= 4 is 17.5 Å². The Morgan fingerprint density at radius 3 is 2.87 bits per heavy atom. The summed E-state index contributed by atoms with van der Waals surface area (Å²) in [4.78, 5) is 11.5. The molecule has 5 heteroatoms. The molecule has 0 heterocycles. The first kappa shape index (κ1) is 11.9. The lowest BCUT2D eigenvalue weighted by Crippen LogP contribution is -2.25. The van der Waals surface area contributed by atoms with Crippen LogP contribution in [0.4, 0.5) is 4.39 Å². The van der Waals surface area contributed by atoms with E-state index in [0.29, 0.717) is 13.0 Å². The van der Waals surface area contributed by atoms with E-state index < -0.39 is 5.82 Å². The van der Waals surface area contributed by atoms with Crippen LogP contribution in [0.25, 0.3) is 0 Å².